The number of nitrogens with zero attached hydrogens (tertiary/aromatic N) is 3. The van der Waals surface area contributed by atoms with Gasteiger partial charge in [0.05, 0.1) is 28.5 Å². The van der Waals surface area contributed by atoms with Gasteiger partial charge in [-0.25, -0.2) is 9.78 Å². The van der Waals surface area contributed by atoms with Gasteiger partial charge in [-0.05, 0) is 74.7 Å². The van der Waals surface area contributed by atoms with Gasteiger partial charge in [-0.3, -0.25) is 14.5 Å². The maximum absolute atomic E-state index is 13.6. The molecule has 2 saturated heterocycles. The van der Waals surface area contributed by atoms with Crippen molar-refractivity contribution in [1.29, 1.82) is 0 Å². The smallest absolute Gasteiger partial charge is 0.331 e. The first-order chi connectivity index (χ1) is 20.5. The van der Waals surface area contributed by atoms with E-state index in [1.54, 1.807) is 17.2 Å². The number of amides is 4. The summed E-state index contributed by atoms with van der Waals surface area (Å²) in [7, 11) is 0. The van der Waals surface area contributed by atoms with E-state index in [-0.39, 0.29) is 29.9 Å². The number of carbonyl (C=O) groups excluding carboxylic acids is 3. The van der Waals surface area contributed by atoms with Crippen LogP contribution in [0.2, 0.25) is 0 Å². The number of carbonyl (C=O) groups is 3. The van der Waals surface area contributed by atoms with Gasteiger partial charge in [0.15, 0.2) is 0 Å². The van der Waals surface area contributed by atoms with Crippen LogP contribution in [0.15, 0.2) is 60.8 Å². The molecule has 214 valence electrons. The molecule has 42 heavy (non-hydrogen) atoms. The molecule has 7 rings (SSSR count). The zero-order valence-corrected chi connectivity index (χ0v) is 23.9. The molecule has 11 heteroatoms. The minimum absolute atomic E-state index is 0.105. The number of rotatable bonds is 6. The Kier molecular flexibility index (Phi) is 6.75. The number of ether oxygens (including phenoxy) is 1. The van der Waals surface area contributed by atoms with Gasteiger partial charge in [-0.15, -0.1) is 11.3 Å². The molecule has 0 radical (unpaired) electrons. The van der Waals surface area contributed by atoms with Gasteiger partial charge in [-0.2, -0.15) is 0 Å². The van der Waals surface area contributed by atoms with E-state index >= 15 is 0 Å². The molecule has 2 aromatic heterocycles. The molecule has 3 N–H and O–H groups in total. The van der Waals surface area contributed by atoms with Crippen molar-refractivity contribution in [3.05, 3.63) is 71.2 Å². The Morgan fingerprint density at radius 2 is 1.90 bits per heavy atom. The average Bonchev–Trinajstić information content (AvgIpc) is 3.33. The molecule has 10 nitrogen and oxygen atoms in total. The molecule has 0 saturated carbocycles. The second-order valence-electron chi connectivity index (χ2n) is 10.8. The fourth-order valence-electron chi connectivity index (χ4n) is 5.82. The maximum atomic E-state index is 13.6. The third-order valence-corrected chi connectivity index (χ3v) is 9.13. The second-order valence-corrected chi connectivity index (χ2v) is 11.8. The number of piperidine rings is 1. The number of anilines is 3. The highest BCUT2D eigenvalue weighted by atomic mass is 32.1. The van der Waals surface area contributed by atoms with Crippen molar-refractivity contribution in [3.8, 4) is 11.5 Å². The summed E-state index contributed by atoms with van der Waals surface area (Å²) in [5, 5.41) is 9.98. The molecular weight excluding hydrogens is 552 g/mol. The third kappa shape index (κ3) is 4.74. The van der Waals surface area contributed by atoms with E-state index in [9.17, 15) is 14.4 Å². The van der Waals surface area contributed by atoms with Crippen molar-refractivity contribution in [2.45, 2.75) is 38.3 Å². The van der Waals surface area contributed by atoms with Crippen molar-refractivity contribution in [3.63, 3.8) is 0 Å². The van der Waals surface area contributed by atoms with Crippen molar-refractivity contribution in [2.24, 2.45) is 0 Å². The van der Waals surface area contributed by atoms with E-state index in [0.29, 0.717) is 45.6 Å². The summed E-state index contributed by atoms with van der Waals surface area (Å²) in [4.78, 5) is 48.9. The van der Waals surface area contributed by atoms with Crippen LogP contribution < -0.4 is 25.6 Å². The number of nitrogens with one attached hydrogen (secondary N) is 3. The lowest BCUT2D eigenvalue weighted by atomic mass is 10.0. The largest absolute Gasteiger partial charge is 0.457 e. The van der Waals surface area contributed by atoms with Crippen LogP contribution in [0.4, 0.5) is 21.9 Å². The highest BCUT2D eigenvalue weighted by molar-refractivity contribution is 7.21. The number of urea groups is 1. The number of hydrogen-bond acceptors (Lipinski definition) is 7. The van der Waals surface area contributed by atoms with Gasteiger partial charge in [0, 0.05) is 25.3 Å². The summed E-state index contributed by atoms with van der Waals surface area (Å²) in [5.41, 5.74) is 2.70. The fourth-order valence-corrected chi connectivity index (χ4v) is 6.84. The summed E-state index contributed by atoms with van der Waals surface area (Å²) in [6.07, 6.45) is 4.14. The zero-order chi connectivity index (χ0) is 28.8. The zero-order valence-electron chi connectivity index (χ0n) is 23.1. The van der Waals surface area contributed by atoms with E-state index in [0.717, 1.165) is 42.5 Å². The Hall–Kier alpha value is -4.48. The molecule has 3 aliphatic rings. The van der Waals surface area contributed by atoms with Crippen LogP contribution in [0.25, 0.3) is 10.2 Å². The molecule has 4 amide bonds. The Morgan fingerprint density at radius 3 is 2.67 bits per heavy atom. The van der Waals surface area contributed by atoms with Crippen molar-refractivity contribution < 1.29 is 19.1 Å². The Balaban J connectivity index is 1.14. The predicted molar refractivity (Wildman–Crippen MR) is 162 cm³/mol. The molecule has 2 atom stereocenters. The molecule has 5 heterocycles. The van der Waals surface area contributed by atoms with Crippen LogP contribution >= 0.6 is 11.3 Å². The first-order valence-corrected chi connectivity index (χ1v) is 15.0. The number of para-hydroxylation sites is 1. The first-order valence-electron chi connectivity index (χ1n) is 14.2. The Bertz CT molecular complexity index is 1700. The minimum atomic E-state index is -0.357. The number of pyridine rings is 1. The van der Waals surface area contributed by atoms with Gasteiger partial charge in [0.1, 0.15) is 21.2 Å². The normalized spacial score (nSPS) is 19.7. The topological polar surface area (TPSA) is 116 Å². The van der Waals surface area contributed by atoms with E-state index in [1.807, 2.05) is 60.4 Å². The standard InChI is InChI=1S/C31H30N6O4S/c1-18-16-21(41-20-7-3-2-4-8-20)9-10-23(18)37-24-12-14-33-29-25(24)26(35-31(37)40)27(42-29)28(38)34-19-6-5-15-36(17-19)30(39)22-11-13-32-22/h2-4,7-10,12,14,16,19,22,32H,5-6,11,13,15,17H2,1H3,(H,34,38)(H,35,40). The van der Waals surface area contributed by atoms with Crippen LogP contribution in [0.5, 0.6) is 11.5 Å². The van der Waals surface area contributed by atoms with E-state index in [1.165, 1.54) is 11.3 Å². The van der Waals surface area contributed by atoms with Gasteiger partial charge in [-0.1, -0.05) is 18.2 Å². The summed E-state index contributed by atoms with van der Waals surface area (Å²) >= 11 is 1.26. The number of benzene rings is 2. The van der Waals surface area contributed by atoms with Crippen molar-refractivity contribution in [1.82, 2.24) is 20.5 Å². The number of likely N-dealkylation sites (tertiary alicyclic amines) is 1. The number of thiophene rings is 1. The van der Waals surface area contributed by atoms with Gasteiger partial charge in [0.25, 0.3) is 5.91 Å². The molecule has 3 aliphatic heterocycles. The van der Waals surface area contributed by atoms with Gasteiger partial charge in [0.2, 0.25) is 5.91 Å². The van der Waals surface area contributed by atoms with E-state index in [4.69, 9.17) is 4.74 Å². The number of aromatic nitrogens is 1. The summed E-state index contributed by atoms with van der Waals surface area (Å²) in [5.74, 6) is 1.23. The molecule has 2 unspecified atom stereocenters. The fraction of sp³-hybridized carbons (Fsp3) is 0.290. The predicted octanol–water partition coefficient (Wildman–Crippen LogP) is 5.16. The maximum Gasteiger partial charge on any atom is 0.331 e. The van der Waals surface area contributed by atoms with E-state index < -0.39 is 0 Å². The quantitative estimate of drug-likeness (QED) is 0.289. The van der Waals surface area contributed by atoms with Crippen LogP contribution in [-0.4, -0.2) is 59.4 Å². The lowest BCUT2D eigenvalue weighted by molar-refractivity contribution is -0.136. The van der Waals surface area contributed by atoms with Crippen molar-refractivity contribution >= 4 is 56.5 Å². The first kappa shape index (κ1) is 26.4. The molecule has 4 aromatic rings. The Morgan fingerprint density at radius 1 is 1.07 bits per heavy atom. The summed E-state index contributed by atoms with van der Waals surface area (Å²) < 4.78 is 5.98. The SMILES string of the molecule is Cc1cc(Oc2ccccc2)ccc1N1C(=O)Nc2c(C(=O)NC3CCCN(C(=O)C4CCN4)C3)sc3nccc1c23. The number of hydrogen-bond donors (Lipinski definition) is 3. The molecule has 0 bridgehead atoms. The minimum Gasteiger partial charge on any atom is -0.457 e. The van der Waals surface area contributed by atoms with Crippen LogP contribution in [0.1, 0.15) is 34.5 Å². The number of aryl methyl sites for hydroxylation is 1. The van der Waals surface area contributed by atoms with Crippen LogP contribution in [0, 0.1) is 6.92 Å². The Labute approximate surface area is 246 Å². The highest BCUT2D eigenvalue weighted by Crippen LogP contribution is 2.46. The lowest BCUT2D eigenvalue weighted by Gasteiger charge is -2.37. The molecular formula is C31H30N6O4S. The monoisotopic (exact) mass is 582 g/mol. The van der Waals surface area contributed by atoms with Gasteiger partial charge < -0.3 is 25.6 Å². The molecule has 2 fully saturated rings. The van der Waals surface area contributed by atoms with Crippen LogP contribution in [-0.2, 0) is 4.79 Å². The van der Waals surface area contributed by atoms with Gasteiger partial charge >= 0.3 is 6.03 Å². The molecule has 0 spiro atoms. The second kappa shape index (κ2) is 10.7. The lowest BCUT2D eigenvalue weighted by Crippen LogP contribution is -2.58. The van der Waals surface area contributed by atoms with Crippen LogP contribution in [0.3, 0.4) is 0 Å². The third-order valence-electron chi connectivity index (χ3n) is 8.03. The van der Waals surface area contributed by atoms with Crippen molar-refractivity contribution in [2.75, 3.05) is 29.9 Å². The molecule has 2 aromatic carbocycles. The average molecular weight is 583 g/mol. The molecule has 0 aliphatic carbocycles. The highest BCUT2D eigenvalue weighted by Gasteiger charge is 2.35. The summed E-state index contributed by atoms with van der Waals surface area (Å²) in [6.45, 7) is 3.98. The van der Waals surface area contributed by atoms with E-state index in [2.05, 4.69) is 20.9 Å². The summed E-state index contributed by atoms with van der Waals surface area (Å²) in [6, 6.07) is 16.3.